The standard InChI is InChI=1S/C16H19N5S2/c1-12-5-4-6-15(13(12)2)21-16(22)20(17-18-21)11-19(3)9-14-7-8-23-10-14/h4-8,10H,9,11H2,1-3H3/p+1. The summed E-state index contributed by atoms with van der Waals surface area (Å²) in [6.07, 6.45) is 0. The Kier molecular flexibility index (Phi) is 4.70. The third kappa shape index (κ3) is 3.41. The SMILES string of the molecule is Cc1cccc(-n2nnn(C[NH+](C)Cc3ccsc3)c2=S)c1C. The van der Waals surface area contributed by atoms with Gasteiger partial charge in [-0.15, -0.1) is 0 Å². The average molecular weight is 347 g/mol. The van der Waals surface area contributed by atoms with Gasteiger partial charge in [0.15, 0.2) is 6.67 Å². The van der Waals surface area contributed by atoms with Crippen molar-refractivity contribution in [1.82, 2.24) is 19.8 Å². The topological polar surface area (TPSA) is 40.1 Å². The number of rotatable bonds is 5. The smallest absolute Gasteiger partial charge is 0.225 e. The van der Waals surface area contributed by atoms with E-state index in [0.29, 0.717) is 11.4 Å². The van der Waals surface area contributed by atoms with E-state index in [2.05, 4.69) is 54.2 Å². The number of aryl methyl sites for hydroxylation is 1. The van der Waals surface area contributed by atoms with Crippen LogP contribution in [0.3, 0.4) is 0 Å². The maximum atomic E-state index is 5.57. The van der Waals surface area contributed by atoms with Gasteiger partial charge in [0, 0.05) is 5.56 Å². The monoisotopic (exact) mass is 346 g/mol. The molecule has 0 saturated heterocycles. The lowest BCUT2D eigenvalue weighted by molar-refractivity contribution is -0.917. The quantitative estimate of drug-likeness (QED) is 0.720. The van der Waals surface area contributed by atoms with Crippen molar-refractivity contribution in [2.75, 3.05) is 7.05 Å². The first-order valence-electron chi connectivity index (χ1n) is 7.48. The number of quaternary nitrogens is 1. The van der Waals surface area contributed by atoms with Crippen LogP contribution >= 0.6 is 23.6 Å². The van der Waals surface area contributed by atoms with Crippen molar-refractivity contribution in [1.29, 1.82) is 0 Å². The number of hydrogen-bond acceptors (Lipinski definition) is 4. The van der Waals surface area contributed by atoms with E-state index in [9.17, 15) is 0 Å². The van der Waals surface area contributed by atoms with Crippen molar-refractivity contribution in [3.63, 3.8) is 0 Å². The zero-order valence-corrected chi connectivity index (χ0v) is 15.1. The summed E-state index contributed by atoms with van der Waals surface area (Å²) in [7, 11) is 2.14. The van der Waals surface area contributed by atoms with E-state index in [1.54, 1.807) is 20.7 Å². The number of tetrazole rings is 1. The number of benzene rings is 1. The van der Waals surface area contributed by atoms with E-state index in [4.69, 9.17) is 12.2 Å². The molecule has 0 aliphatic rings. The molecule has 5 nitrogen and oxygen atoms in total. The second-order valence-corrected chi connectivity index (χ2v) is 6.96. The lowest BCUT2D eigenvalue weighted by Crippen LogP contribution is -3.06. The first kappa shape index (κ1) is 16.0. The van der Waals surface area contributed by atoms with Crippen LogP contribution in [0.25, 0.3) is 5.69 Å². The molecule has 0 fully saturated rings. The van der Waals surface area contributed by atoms with Gasteiger partial charge in [-0.3, -0.25) is 0 Å². The fraction of sp³-hybridized carbons (Fsp3) is 0.312. The molecule has 1 unspecified atom stereocenters. The van der Waals surface area contributed by atoms with Crippen LogP contribution in [0, 0.1) is 18.6 Å². The van der Waals surface area contributed by atoms with E-state index >= 15 is 0 Å². The van der Waals surface area contributed by atoms with Crippen LogP contribution in [0.4, 0.5) is 0 Å². The zero-order valence-electron chi connectivity index (χ0n) is 13.5. The summed E-state index contributed by atoms with van der Waals surface area (Å²) < 4.78 is 4.16. The Labute approximate surface area is 144 Å². The van der Waals surface area contributed by atoms with Crippen LogP contribution in [0.1, 0.15) is 16.7 Å². The van der Waals surface area contributed by atoms with Crippen LogP contribution < -0.4 is 4.90 Å². The zero-order chi connectivity index (χ0) is 16.4. The molecule has 0 aliphatic carbocycles. The van der Waals surface area contributed by atoms with Gasteiger partial charge in [-0.1, -0.05) is 12.1 Å². The summed E-state index contributed by atoms with van der Waals surface area (Å²) in [5.41, 5.74) is 4.73. The van der Waals surface area contributed by atoms with Gasteiger partial charge in [0.25, 0.3) is 0 Å². The summed E-state index contributed by atoms with van der Waals surface area (Å²) in [5.74, 6) is 0. The number of aromatic nitrogens is 4. The summed E-state index contributed by atoms with van der Waals surface area (Å²) in [6, 6.07) is 8.29. The number of thiophene rings is 1. The van der Waals surface area contributed by atoms with Crippen molar-refractivity contribution in [2.45, 2.75) is 27.1 Å². The van der Waals surface area contributed by atoms with Gasteiger partial charge >= 0.3 is 0 Å². The molecule has 1 aromatic carbocycles. The van der Waals surface area contributed by atoms with E-state index in [1.807, 2.05) is 12.1 Å². The molecule has 7 heteroatoms. The number of nitrogens with zero attached hydrogens (tertiary/aromatic N) is 4. The first-order chi connectivity index (χ1) is 11.1. The van der Waals surface area contributed by atoms with Gasteiger partial charge in [0.2, 0.25) is 4.77 Å². The van der Waals surface area contributed by atoms with Crippen LogP contribution in [-0.4, -0.2) is 26.8 Å². The molecular weight excluding hydrogens is 326 g/mol. The van der Waals surface area contributed by atoms with Gasteiger partial charge in [0.05, 0.1) is 12.7 Å². The summed E-state index contributed by atoms with van der Waals surface area (Å²) in [4.78, 5) is 1.31. The van der Waals surface area contributed by atoms with Gasteiger partial charge in [0.1, 0.15) is 6.54 Å². The largest absolute Gasteiger partial charge is 0.315 e. The van der Waals surface area contributed by atoms with Crippen LogP contribution in [0.5, 0.6) is 0 Å². The molecule has 0 aliphatic heterocycles. The van der Waals surface area contributed by atoms with Crippen molar-refractivity contribution in [3.8, 4) is 5.69 Å². The summed E-state index contributed by atoms with van der Waals surface area (Å²) in [5, 5.41) is 12.8. The Hall–Kier alpha value is -1.83. The van der Waals surface area contributed by atoms with Crippen molar-refractivity contribution < 1.29 is 4.90 Å². The molecule has 23 heavy (non-hydrogen) atoms. The minimum absolute atomic E-state index is 0.628. The molecule has 3 aromatic rings. The van der Waals surface area contributed by atoms with Crippen molar-refractivity contribution in [3.05, 3.63) is 56.5 Å². The molecular formula is C16H20N5S2+. The van der Waals surface area contributed by atoms with E-state index in [-0.39, 0.29) is 0 Å². The predicted octanol–water partition coefficient (Wildman–Crippen LogP) is 2.15. The molecule has 120 valence electrons. The van der Waals surface area contributed by atoms with Gasteiger partial charge in [-0.05, 0) is 70.5 Å². The fourth-order valence-corrected chi connectivity index (χ4v) is 3.45. The van der Waals surface area contributed by atoms with Crippen LogP contribution in [0.15, 0.2) is 35.0 Å². The molecule has 1 atom stereocenters. The molecule has 2 aromatic heterocycles. The van der Waals surface area contributed by atoms with Gasteiger partial charge in [-0.25, -0.2) is 0 Å². The van der Waals surface area contributed by atoms with Crippen LogP contribution in [-0.2, 0) is 13.2 Å². The highest BCUT2D eigenvalue weighted by atomic mass is 32.1. The summed E-state index contributed by atoms with van der Waals surface area (Å²) in [6.45, 7) is 5.81. The number of hydrogen-bond donors (Lipinski definition) is 1. The lowest BCUT2D eigenvalue weighted by Gasteiger charge is -2.12. The highest BCUT2D eigenvalue weighted by Gasteiger charge is 2.12. The van der Waals surface area contributed by atoms with Gasteiger partial charge < -0.3 is 4.90 Å². The number of nitrogens with one attached hydrogen (secondary N) is 1. The molecule has 3 rings (SSSR count). The summed E-state index contributed by atoms with van der Waals surface area (Å²) >= 11 is 7.29. The Morgan fingerprint density at radius 1 is 1.22 bits per heavy atom. The van der Waals surface area contributed by atoms with Gasteiger partial charge in [-0.2, -0.15) is 20.7 Å². The minimum Gasteiger partial charge on any atom is -0.315 e. The first-order valence-corrected chi connectivity index (χ1v) is 8.83. The molecule has 0 spiro atoms. The Bertz CT molecular complexity index is 848. The molecule has 0 amide bonds. The predicted molar refractivity (Wildman–Crippen MR) is 94.6 cm³/mol. The Morgan fingerprint density at radius 2 is 2.04 bits per heavy atom. The maximum Gasteiger partial charge on any atom is 0.225 e. The minimum atomic E-state index is 0.628. The average Bonchev–Trinajstić information content (AvgIpc) is 3.14. The van der Waals surface area contributed by atoms with Crippen molar-refractivity contribution >= 4 is 23.6 Å². The Balaban J connectivity index is 1.82. The molecule has 2 heterocycles. The third-order valence-electron chi connectivity index (χ3n) is 3.95. The van der Waals surface area contributed by atoms with Crippen LogP contribution in [0.2, 0.25) is 0 Å². The molecule has 0 radical (unpaired) electrons. The molecule has 1 N–H and O–H groups in total. The van der Waals surface area contributed by atoms with Crippen molar-refractivity contribution in [2.24, 2.45) is 0 Å². The molecule has 0 saturated carbocycles. The molecule has 0 bridgehead atoms. The van der Waals surface area contributed by atoms with E-state index < -0.39 is 0 Å². The maximum absolute atomic E-state index is 5.57. The fourth-order valence-electron chi connectivity index (χ4n) is 2.54. The lowest BCUT2D eigenvalue weighted by atomic mass is 10.1. The van der Waals surface area contributed by atoms with E-state index in [0.717, 1.165) is 12.2 Å². The highest BCUT2D eigenvalue weighted by Crippen LogP contribution is 2.16. The second-order valence-electron chi connectivity index (χ2n) is 5.82. The Morgan fingerprint density at radius 3 is 2.78 bits per heavy atom. The normalized spacial score (nSPS) is 12.5. The highest BCUT2D eigenvalue weighted by molar-refractivity contribution is 7.71. The van der Waals surface area contributed by atoms with E-state index in [1.165, 1.54) is 21.6 Å². The second kappa shape index (κ2) is 6.74. The third-order valence-corrected chi connectivity index (χ3v) is 5.07.